The van der Waals surface area contributed by atoms with E-state index in [9.17, 15) is 44.7 Å². The van der Waals surface area contributed by atoms with E-state index in [1.54, 1.807) is 52.8 Å². The minimum atomic E-state index is -2.00. The number of phenols is 1. The SMILES string of the molecule is CO[C@H]1/C=C/O[C@@]2(C)Oc3c(C)c(O)c4c(=O)c(c5oc6cc(N7CCN(CCO)CC7)cc(=O)c6nc5c4c3=C2O)NC(=O)/C(C)=C\C=C\[C@H](C)[C@H](O)[C@@H](C)[C@@H](O)C(C)(C)[C@H](OC(C)=O)[C@@H]1C. The molecule has 1 fully saturated rings. The largest absolute Gasteiger partial charge is 0.507 e. The lowest BCUT2D eigenvalue weighted by Crippen LogP contribution is -2.53. The Balaban J connectivity index is 1.47. The number of anilines is 2. The molecule has 18 nitrogen and oxygen atoms in total. The second kappa shape index (κ2) is 19.2. The maximum absolute atomic E-state index is 14.9. The van der Waals surface area contributed by atoms with E-state index in [1.807, 2.05) is 4.90 Å². The monoisotopic (exact) mass is 942 g/mol. The molecule has 0 spiro atoms. The minimum Gasteiger partial charge on any atom is -0.507 e. The maximum Gasteiger partial charge on any atom is 0.307 e. The number of aromatic nitrogens is 1. The molecule has 0 aliphatic carbocycles. The molecule has 366 valence electrons. The summed E-state index contributed by atoms with van der Waals surface area (Å²) < 4.78 is 30.6. The summed E-state index contributed by atoms with van der Waals surface area (Å²) in [5.74, 6) is -6.44. The summed E-state index contributed by atoms with van der Waals surface area (Å²) in [5, 5.41) is 59.0. The van der Waals surface area contributed by atoms with Crippen molar-refractivity contribution in [3.63, 3.8) is 0 Å². The van der Waals surface area contributed by atoms with Crippen molar-refractivity contribution in [3.8, 4) is 11.5 Å². The summed E-state index contributed by atoms with van der Waals surface area (Å²) in [4.78, 5) is 64.4. The molecular formula is C50H62N4O14. The number of esters is 1. The number of hydrogen-bond acceptors (Lipinski definition) is 17. The number of nitrogens with zero attached hydrogens (tertiary/aromatic N) is 3. The normalized spacial score (nSPS) is 29.1. The molecule has 68 heavy (non-hydrogen) atoms. The molecule has 4 aromatic rings. The highest BCUT2D eigenvalue weighted by atomic mass is 16.7. The molecule has 3 aliphatic rings. The molecule has 1 saturated heterocycles. The van der Waals surface area contributed by atoms with E-state index < -0.39 is 93.3 Å². The first-order chi connectivity index (χ1) is 32.1. The first-order valence-corrected chi connectivity index (χ1v) is 22.8. The predicted octanol–water partition coefficient (Wildman–Crippen LogP) is 4.06. The van der Waals surface area contributed by atoms with Gasteiger partial charge in [0.1, 0.15) is 28.8 Å². The number of carbonyl (C=O) groups is 2. The first kappa shape index (κ1) is 49.8. The van der Waals surface area contributed by atoms with Gasteiger partial charge in [-0.15, -0.1) is 0 Å². The van der Waals surface area contributed by atoms with Crippen LogP contribution in [0.15, 0.2) is 62.3 Å². The summed E-state index contributed by atoms with van der Waals surface area (Å²) in [7, 11) is 1.44. The van der Waals surface area contributed by atoms with Gasteiger partial charge in [0.25, 0.3) is 5.91 Å². The summed E-state index contributed by atoms with van der Waals surface area (Å²) in [6.45, 7) is 17.2. The summed E-state index contributed by atoms with van der Waals surface area (Å²) in [6.07, 6.45) is 3.34. The van der Waals surface area contributed by atoms with Gasteiger partial charge in [0.2, 0.25) is 10.9 Å². The summed E-state index contributed by atoms with van der Waals surface area (Å²) in [6, 6.07) is 3.05. The number of aromatic hydroxyl groups is 1. The maximum atomic E-state index is 14.9. The summed E-state index contributed by atoms with van der Waals surface area (Å²) in [5.41, 5.74) is -2.81. The van der Waals surface area contributed by atoms with E-state index in [-0.39, 0.29) is 61.7 Å². The van der Waals surface area contributed by atoms with E-state index in [4.69, 9.17) is 28.3 Å². The number of piperazine rings is 1. The number of β-amino-alcohol motifs (C(OH)–C–C–N with tert-alkyl or cyclic N) is 1. The van der Waals surface area contributed by atoms with Crippen LogP contribution in [0.2, 0.25) is 0 Å². The predicted molar refractivity (Wildman–Crippen MR) is 255 cm³/mol. The van der Waals surface area contributed by atoms with Gasteiger partial charge in [-0.2, -0.15) is 0 Å². The standard InChI is InChI=1S/C50H62N4O14/c1-24-12-11-13-25(2)48(63)52-39-42(60)35-34(38-44(39)67-33-23-30(22-31(57)37(33)51-38)54-17-15-53(16-18-54)19-20-55)36-43(27(4)41(35)59)68-50(9,46(36)62)65-21-14-32(64-10)26(3)47(66-29(6)56)49(7,8)45(61)28(5)40(24)58/h11-14,21-24,26,28,32,40,45,47,55,58-59,61-62H,15-20H2,1-10H3,(H,52,63)/b12-11+,21-14+,25-13-/t24-,26+,28+,32-,40-,45+,47+,50-/m0/s1. The van der Waals surface area contributed by atoms with Crippen LogP contribution in [-0.2, 0) is 23.8 Å². The van der Waals surface area contributed by atoms with Crippen LogP contribution in [0.3, 0.4) is 0 Å². The number of allylic oxidation sites excluding steroid dienone is 2. The van der Waals surface area contributed by atoms with Crippen molar-refractivity contribution >= 4 is 62.0 Å². The van der Waals surface area contributed by atoms with Crippen molar-refractivity contribution in [1.29, 1.82) is 0 Å². The van der Waals surface area contributed by atoms with E-state index in [0.29, 0.717) is 38.4 Å². The van der Waals surface area contributed by atoms with Gasteiger partial charge in [0.05, 0.1) is 41.8 Å². The van der Waals surface area contributed by atoms with Crippen LogP contribution < -0.4 is 31.0 Å². The third-order valence-electron chi connectivity index (χ3n) is 13.9. The lowest BCUT2D eigenvalue weighted by atomic mass is 9.69. The molecule has 0 unspecified atom stereocenters. The molecule has 1 aromatic heterocycles. The number of rotatable bonds is 5. The third-order valence-corrected chi connectivity index (χ3v) is 13.9. The highest BCUT2D eigenvalue weighted by Gasteiger charge is 2.48. The average Bonchev–Trinajstić information content (AvgIpc) is 3.57. The lowest BCUT2D eigenvalue weighted by molar-refractivity contribution is -0.174. The smallest absolute Gasteiger partial charge is 0.307 e. The fraction of sp³-hybridized carbons (Fsp3) is 0.500. The van der Waals surface area contributed by atoms with Crippen molar-refractivity contribution in [1.82, 2.24) is 9.88 Å². The van der Waals surface area contributed by atoms with Gasteiger partial charge >= 0.3 is 11.8 Å². The van der Waals surface area contributed by atoms with Crippen LogP contribution in [-0.4, -0.2) is 124 Å². The highest BCUT2D eigenvalue weighted by molar-refractivity contribution is 6.16. The van der Waals surface area contributed by atoms with Gasteiger partial charge in [-0.1, -0.05) is 52.8 Å². The number of methoxy groups -OCH3 is 1. The van der Waals surface area contributed by atoms with Gasteiger partial charge in [-0.05, 0) is 19.9 Å². The number of aliphatic hydroxyl groups excluding tert-OH is 4. The molecule has 0 radical (unpaired) electrons. The zero-order valence-corrected chi connectivity index (χ0v) is 40.1. The minimum absolute atomic E-state index is 0.000667. The Morgan fingerprint density at radius 1 is 0.971 bits per heavy atom. The fourth-order valence-corrected chi connectivity index (χ4v) is 9.80. The lowest BCUT2D eigenvalue weighted by Gasteiger charge is -2.45. The van der Waals surface area contributed by atoms with E-state index in [1.165, 1.54) is 59.3 Å². The number of hydrogen-bond donors (Lipinski definition) is 6. The average molecular weight is 943 g/mol. The molecule has 8 atom stereocenters. The van der Waals surface area contributed by atoms with Crippen molar-refractivity contribution in [3.05, 3.63) is 79.5 Å². The number of aliphatic hydroxyl groups is 4. The van der Waals surface area contributed by atoms with Crippen molar-refractivity contribution in [2.45, 2.75) is 92.5 Å². The Kier molecular flexibility index (Phi) is 14.0. The molecule has 4 bridgehead atoms. The van der Waals surface area contributed by atoms with Crippen molar-refractivity contribution in [2.75, 3.05) is 56.7 Å². The van der Waals surface area contributed by atoms with E-state index >= 15 is 0 Å². The molecule has 3 aliphatic heterocycles. The Morgan fingerprint density at radius 3 is 2.31 bits per heavy atom. The number of nitrogens with one attached hydrogen (secondary N) is 1. The number of ether oxygens (including phenoxy) is 4. The van der Waals surface area contributed by atoms with Gasteiger partial charge in [0.15, 0.2) is 22.4 Å². The van der Waals surface area contributed by atoms with Crippen LogP contribution >= 0.6 is 0 Å². The highest BCUT2D eigenvalue weighted by Crippen LogP contribution is 2.43. The van der Waals surface area contributed by atoms with Crippen molar-refractivity contribution in [2.24, 2.45) is 23.2 Å². The number of phenolic OH excluding ortho intramolecular Hbond substituents is 1. The Morgan fingerprint density at radius 2 is 1.66 bits per heavy atom. The molecule has 4 heterocycles. The van der Waals surface area contributed by atoms with Gasteiger partial charge in [-0.25, -0.2) is 4.98 Å². The second-order valence-electron chi connectivity index (χ2n) is 19.0. The number of benzene rings is 3. The van der Waals surface area contributed by atoms with Crippen LogP contribution in [0.4, 0.5) is 11.4 Å². The van der Waals surface area contributed by atoms with Crippen LogP contribution in [0.1, 0.15) is 61.0 Å². The fourth-order valence-electron chi connectivity index (χ4n) is 9.80. The van der Waals surface area contributed by atoms with Gasteiger partial charge < -0.3 is 59.1 Å². The molecule has 1 amide bonds. The zero-order chi connectivity index (χ0) is 49.7. The van der Waals surface area contributed by atoms with Crippen LogP contribution in [0.5, 0.6) is 11.5 Å². The third kappa shape index (κ3) is 8.91. The molecule has 3 aromatic carbocycles. The Hall–Kier alpha value is -6.05. The molecule has 18 heteroatoms. The molecule has 0 saturated carbocycles. The van der Waals surface area contributed by atoms with E-state index in [0.717, 1.165) is 0 Å². The number of amides is 1. The first-order valence-electron chi connectivity index (χ1n) is 22.8. The molecule has 6 N–H and O–H groups in total. The Bertz CT molecular complexity index is 2920. The number of carbonyl (C=O) groups excluding carboxylic acids is 2. The van der Waals surface area contributed by atoms with E-state index in [2.05, 4.69) is 10.2 Å². The molecule has 7 rings (SSSR count). The molecular weight excluding hydrogens is 881 g/mol. The summed E-state index contributed by atoms with van der Waals surface area (Å²) >= 11 is 0. The van der Waals surface area contributed by atoms with Crippen LogP contribution in [0.25, 0.3) is 38.7 Å². The van der Waals surface area contributed by atoms with Crippen LogP contribution in [0, 0.1) is 30.1 Å². The Labute approximate surface area is 392 Å². The topological polar surface area (TPSA) is 251 Å². The van der Waals surface area contributed by atoms with Crippen molar-refractivity contribution < 1.29 is 58.5 Å². The van der Waals surface area contributed by atoms with Gasteiger partial charge in [0, 0.05) is 111 Å². The number of fused-ring (bicyclic) bond motifs is 2. The zero-order valence-electron chi connectivity index (χ0n) is 40.1. The van der Waals surface area contributed by atoms with Gasteiger partial charge in [-0.3, -0.25) is 24.1 Å². The second-order valence-corrected chi connectivity index (χ2v) is 19.0. The quantitative estimate of drug-likeness (QED) is 0.0938.